The highest BCUT2D eigenvalue weighted by Crippen LogP contribution is 2.39. The van der Waals surface area contributed by atoms with Crippen molar-refractivity contribution < 1.29 is 18.6 Å². The summed E-state index contributed by atoms with van der Waals surface area (Å²) in [5.74, 6) is 2.97. The molecule has 0 bridgehead atoms. The van der Waals surface area contributed by atoms with Crippen molar-refractivity contribution in [3.05, 3.63) is 123 Å². The van der Waals surface area contributed by atoms with E-state index < -0.39 is 0 Å². The Morgan fingerprint density at radius 1 is 0.920 bits per heavy atom. The third-order valence-electron chi connectivity index (χ3n) is 8.81. The predicted molar refractivity (Wildman–Crippen MR) is 193 cm³/mol. The van der Waals surface area contributed by atoms with Gasteiger partial charge in [0.1, 0.15) is 42.3 Å². The maximum Gasteiger partial charge on any atom is 0.180 e. The molecule has 9 nitrogen and oxygen atoms in total. The Balaban J connectivity index is 1.18. The van der Waals surface area contributed by atoms with Crippen molar-refractivity contribution in [2.75, 3.05) is 26.7 Å². The first-order chi connectivity index (χ1) is 24.4. The van der Waals surface area contributed by atoms with Gasteiger partial charge in [-0.15, -0.1) is 0 Å². The van der Waals surface area contributed by atoms with Gasteiger partial charge in [-0.25, -0.2) is 4.98 Å². The van der Waals surface area contributed by atoms with E-state index in [0.29, 0.717) is 64.2 Å². The minimum Gasteiger partial charge on any atom is -0.492 e. The molecule has 0 spiro atoms. The minimum absolute atomic E-state index is 0.209. The molecule has 0 aliphatic carbocycles. The summed E-state index contributed by atoms with van der Waals surface area (Å²) in [5.41, 5.74) is 6.02. The molecule has 1 N–H and O–H groups in total. The second-order valence-electron chi connectivity index (χ2n) is 12.5. The van der Waals surface area contributed by atoms with Crippen LogP contribution in [-0.4, -0.2) is 41.6 Å². The van der Waals surface area contributed by atoms with Gasteiger partial charge in [-0.1, -0.05) is 53.5 Å². The monoisotopic (exact) mass is 711 g/mol. The maximum atomic E-state index is 9.29. The van der Waals surface area contributed by atoms with Crippen LogP contribution in [0.2, 0.25) is 10.0 Å². The zero-order valence-corrected chi connectivity index (χ0v) is 29.6. The Morgan fingerprint density at radius 3 is 2.58 bits per heavy atom. The molecule has 1 aliphatic rings. The van der Waals surface area contributed by atoms with Gasteiger partial charge in [0.15, 0.2) is 6.39 Å². The van der Waals surface area contributed by atoms with Crippen LogP contribution in [0.1, 0.15) is 46.4 Å². The zero-order valence-electron chi connectivity index (χ0n) is 28.1. The van der Waals surface area contributed by atoms with Gasteiger partial charge in [0.25, 0.3) is 0 Å². The van der Waals surface area contributed by atoms with Gasteiger partial charge in [0.2, 0.25) is 0 Å². The van der Waals surface area contributed by atoms with E-state index in [4.69, 9.17) is 41.8 Å². The number of nitrogens with one attached hydrogen (secondary N) is 1. The number of aromatic nitrogens is 2. The lowest BCUT2D eigenvalue weighted by Gasteiger charge is -2.29. The molecule has 11 heteroatoms. The van der Waals surface area contributed by atoms with Crippen LogP contribution in [0.5, 0.6) is 17.2 Å². The first kappa shape index (κ1) is 35.2. The molecule has 5 aromatic rings. The summed E-state index contributed by atoms with van der Waals surface area (Å²) in [6.45, 7) is 6.31. The van der Waals surface area contributed by atoms with Crippen LogP contribution < -0.4 is 19.5 Å². The number of nitriles is 1. The number of oxazole rings is 1. The number of piperidine rings is 1. The lowest BCUT2D eigenvalue weighted by molar-refractivity contribution is 0.150. The summed E-state index contributed by atoms with van der Waals surface area (Å²) >= 11 is 13.7. The van der Waals surface area contributed by atoms with Gasteiger partial charge in [0, 0.05) is 54.2 Å². The number of halogens is 2. The van der Waals surface area contributed by atoms with Gasteiger partial charge >= 0.3 is 0 Å². The highest BCUT2D eigenvalue weighted by molar-refractivity contribution is 6.35. The third kappa shape index (κ3) is 8.95. The van der Waals surface area contributed by atoms with Crippen LogP contribution >= 0.6 is 23.2 Å². The standard InChI is InChI=1S/C39H39Cl2N5O4/c1-26-30(7-3-8-33(26)34-9-4-10-36(39(34)41)47-22-27-6-5-11-46(2)21-27)24-49-38-14-37(48-23-29-12-28(15-42)16-43-17-29)31(13-35(38)40)18-44-19-32-20-45-25-50-32/h3-4,7-10,12-14,16-17,20,25,27,44H,5-6,11,18-19,21-24H2,1-2H3. The highest BCUT2D eigenvalue weighted by atomic mass is 35.5. The van der Waals surface area contributed by atoms with Crippen molar-refractivity contribution in [1.82, 2.24) is 20.2 Å². The number of hydrogen-bond donors (Lipinski definition) is 1. The number of pyridine rings is 1. The van der Waals surface area contributed by atoms with Gasteiger partial charge in [-0.2, -0.15) is 5.26 Å². The van der Waals surface area contributed by atoms with Crippen LogP contribution in [0.3, 0.4) is 0 Å². The summed E-state index contributed by atoms with van der Waals surface area (Å²) in [6.07, 6.45) is 8.60. The van der Waals surface area contributed by atoms with Crippen molar-refractivity contribution in [3.63, 3.8) is 0 Å². The second-order valence-corrected chi connectivity index (χ2v) is 13.3. The lowest BCUT2D eigenvalue weighted by atomic mass is 9.96. The summed E-state index contributed by atoms with van der Waals surface area (Å²) in [4.78, 5) is 10.5. The Bertz CT molecular complexity index is 1950. The van der Waals surface area contributed by atoms with Gasteiger partial charge in [-0.3, -0.25) is 4.98 Å². The van der Waals surface area contributed by atoms with Crippen LogP contribution in [0.15, 0.2) is 84.0 Å². The summed E-state index contributed by atoms with van der Waals surface area (Å²) in [5, 5.41) is 13.7. The zero-order chi connectivity index (χ0) is 34.9. The second kappa shape index (κ2) is 16.9. The summed E-state index contributed by atoms with van der Waals surface area (Å²) in [7, 11) is 2.16. The molecule has 0 saturated carbocycles. The number of hydrogen-bond acceptors (Lipinski definition) is 9. The van der Waals surface area contributed by atoms with Crippen molar-refractivity contribution in [2.45, 2.75) is 46.1 Å². The average molecular weight is 713 g/mol. The molecule has 258 valence electrons. The molecule has 1 atom stereocenters. The SMILES string of the molecule is Cc1c(COc2cc(OCc3cncc(C#N)c3)c(CNCc3cnco3)cc2Cl)cccc1-c1cccc(OCC2CCCN(C)C2)c1Cl. The molecular weight excluding hydrogens is 673 g/mol. The first-order valence-corrected chi connectivity index (χ1v) is 17.3. The number of nitrogens with zero attached hydrogens (tertiary/aromatic N) is 4. The topological polar surface area (TPSA) is 106 Å². The third-order valence-corrected chi connectivity index (χ3v) is 9.50. The predicted octanol–water partition coefficient (Wildman–Crippen LogP) is 8.39. The quantitative estimate of drug-likeness (QED) is 0.122. The lowest BCUT2D eigenvalue weighted by Crippen LogP contribution is -2.34. The van der Waals surface area contributed by atoms with E-state index in [0.717, 1.165) is 52.9 Å². The number of likely N-dealkylation sites (tertiary alicyclic amines) is 1. The molecule has 1 unspecified atom stereocenters. The van der Waals surface area contributed by atoms with Crippen LogP contribution in [-0.2, 0) is 26.3 Å². The van der Waals surface area contributed by atoms with Crippen molar-refractivity contribution >= 4 is 23.2 Å². The van der Waals surface area contributed by atoms with E-state index in [1.807, 2.05) is 36.4 Å². The van der Waals surface area contributed by atoms with Gasteiger partial charge < -0.3 is 28.8 Å². The smallest absolute Gasteiger partial charge is 0.180 e. The van der Waals surface area contributed by atoms with Crippen molar-refractivity contribution in [3.8, 4) is 34.4 Å². The molecule has 0 radical (unpaired) electrons. The summed E-state index contributed by atoms with van der Waals surface area (Å²) < 4.78 is 24.2. The van der Waals surface area contributed by atoms with Crippen molar-refractivity contribution in [1.29, 1.82) is 5.26 Å². The molecule has 6 rings (SSSR count). The molecular formula is C39H39Cl2N5O4. The Morgan fingerprint density at radius 2 is 1.76 bits per heavy atom. The van der Waals surface area contributed by atoms with Crippen molar-refractivity contribution in [2.24, 2.45) is 5.92 Å². The van der Waals surface area contributed by atoms with E-state index >= 15 is 0 Å². The fourth-order valence-corrected chi connectivity index (χ4v) is 6.66. The maximum absolute atomic E-state index is 9.29. The Kier molecular flexibility index (Phi) is 11.9. The van der Waals surface area contributed by atoms with Gasteiger partial charge in [0.05, 0.1) is 35.0 Å². The highest BCUT2D eigenvalue weighted by Gasteiger charge is 2.20. The largest absolute Gasteiger partial charge is 0.492 e. The molecule has 3 heterocycles. The van der Waals surface area contributed by atoms with Gasteiger partial charge in [-0.05, 0) is 68.2 Å². The van der Waals surface area contributed by atoms with E-state index in [2.05, 4.69) is 46.3 Å². The molecule has 0 amide bonds. The fraction of sp³-hybridized carbons (Fsp3) is 0.308. The average Bonchev–Trinajstić information content (AvgIpc) is 3.65. The van der Waals surface area contributed by atoms with E-state index in [1.54, 1.807) is 24.5 Å². The molecule has 2 aromatic heterocycles. The number of ether oxygens (including phenoxy) is 3. The number of benzene rings is 3. The van der Waals surface area contributed by atoms with E-state index in [-0.39, 0.29) is 13.2 Å². The minimum atomic E-state index is 0.209. The first-order valence-electron chi connectivity index (χ1n) is 16.6. The number of rotatable bonds is 14. The van der Waals surface area contributed by atoms with Crippen LogP contribution in [0.25, 0.3) is 11.1 Å². The fourth-order valence-electron chi connectivity index (χ4n) is 6.13. The van der Waals surface area contributed by atoms with E-state index in [9.17, 15) is 5.26 Å². The van der Waals surface area contributed by atoms with Crippen LogP contribution in [0, 0.1) is 24.2 Å². The van der Waals surface area contributed by atoms with Crippen LogP contribution in [0.4, 0.5) is 0 Å². The molecule has 3 aromatic carbocycles. The summed E-state index contributed by atoms with van der Waals surface area (Å²) in [6, 6.07) is 19.6. The normalized spacial score (nSPS) is 14.7. The molecule has 1 fully saturated rings. The molecule has 1 aliphatic heterocycles. The Hall–Kier alpha value is -4.59. The molecule has 50 heavy (non-hydrogen) atoms. The van der Waals surface area contributed by atoms with E-state index in [1.165, 1.54) is 19.0 Å². The molecule has 1 saturated heterocycles. The Labute approximate surface area is 302 Å².